The zero-order valence-electron chi connectivity index (χ0n) is 7.94. The Kier molecular flexibility index (Phi) is 2.23. The summed E-state index contributed by atoms with van der Waals surface area (Å²) in [5.41, 5.74) is -0.302. The van der Waals surface area contributed by atoms with Gasteiger partial charge in [0.15, 0.2) is 11.4 Å². The van der Waals surface area contributed by atoms with Crippen LogP contribution < -0.4 is 10.1 Å². The summed E-state index contributed by atoms with van der Waals surface area (Å²) in [6, 6.07) is 1.29. The van der Waals surface area contributed by atoms with Gasteiger partial charge in [-0.1, -0.05) is 0 Å². The minimum Gasteiger partial charge on any atom is -0.474 e. The van der Waals surface area contributed by atoms with Crippen molar-refractivity contribution in [1.29, 1.82) is 0 Å². The molecule has 1 aliphatic carbocycles. The average molecular weight is 398 g/mol. The van der Waals surface area contributed by atoms with E-state index >= 15 is 0 Å². The minimum atomic E-state index is -0.698. The molecule has 6 heteroatoms. The van der Waals surface area contributed by atoms with Crippen molar-refractivity contribution in [3.63, 3.8) is 0 Å². The summed E-state index contributed by atoms with van der Waals surface area (Å²) in [4.78, 5) is 11.7. The summed E-state index contributed by atoms with van der Waals surface area (Å²) in [5, 5.41) is 2.68. The number of hydrogen-bond donors (Lipinski definition) is 1. The molecule has 84 valence electrons. The lowest BCUT2D eigenvalue weighted by atomic mass is 10.2. The average Bonchev–Trinajstić information content (AvgIpc) is 3.00. The van der Waals surface area contributed by atoms with E-state index < -0.39 is 5.60 Å². The van der Waals surface area contributed by atoms with E-state index in [0.29, 0.717) is 19.5 Å². The first kappa shape index (κ1) is 10.8. The van der Waals surface area contributed by atoms with Gasteiger partial charge >= 0.3 is 0 Å². The molecule has 1 aliphatic heterocycles. The highest BCUT2D eigenvalue weighted by molar-refractivity contribution is 14.1. The number of anilines is 1. The van der Waals surface area contributed by atoms with E-state index in [4.69, 9.17) is 4.74 Å². The predicted molar refractivity (Wildman–Crippen MR) is 68.0 cm³/mol. The maximum Gasteiger partial charge on any atom is 0.268 e. The van der Waals surface area contributed by atoms with Crippen LogP contribution in [0, 0.1) is 9.39 Å². The first-order chi connectivity index (χ1) is 7.53. The van der Waals surface area contributed by atoms with Crippen LogP contribution in [0.1, 0.15) is 12.8 Å². The van der Waals surface area contributed by atoms with Crippen LogP contribution in [0.5, 0.6) is 5.75 Å². The Morgan fingerprint density at radius 2 is 2.25 bits per heavy atom. The summed E-state index contributed by atoms with van der Waals surface area (Å²) in [5.74, 6) is -0.0164. The number of rotatable bonds is 0. The molecule has 16 heavy (non-hydrogen) atoms. The Labute approximate surface area is 113 Å². The fraction of sp³-hybridized carbons (Fsp3) is 0.300. The van der Waals surface area contributed by atoms with Crippen LogP contribution in [-0.4, -0.2) is 11.5 Å². The van der Waals surface area contributed by atoms with Gasteiger partial charge < -0.3 is 10.1 Å². The third-order valence-corrected chi connectivity index (χ3v) is 5.33. The van der Waals surface area contributed by atoms with E-state index in [0.717, 1.165) is 12.8 Å². The molecular formula is C10H6BrFINO2. The van der Waals surface area contributed by atoms with E-state index in [1.165, 1.54) is 6.07 Å². The molecule has 2 aliphatic rings. The highest BCUT2D eigenvalue weighted by atomic mass is 127. The number of carbonyl (C=O) groups excluding carboxylic acids is 1. The van der Waals surface area contributed by atoms with Crippen LogP contribution in [0.25, 0.3) is 0 Å². The lowest BCUT2D eigenvalue weighted by Gasteiger charge is -2.27. The van der Waals surface area contributed by atoms with Gasteiger partial charge in [0.2, 0.25) is 0 Å². The number of carbonyl (C=O) groups is 1. The third kappa shape index (κ3) is 1.38. The molecule has 1 amide bonds. The second kappa shape index (κ2) is 3.32. The number of nitrogens with one attached hydrogen (secondary N) is 1. The zero-order chi connectivity index (χ0) is 11.5. The van der Waals surface area contributed by atoms with Crippen LogP contribution >= 0.6 is 38.5 Å². The molecule has 3 rings (SSSR count). The van der Waals surface area contributed by atoms with Gasteiger partial charge in [0, 0.05) is 18.9 Å². The van der Waals surface area contributed by atoms with Crippen LogP contribution in [-0.2, 0) is 4.79 Å². The van der Waals surface area contributed by atoms with Crippen molar-refractivity contribution in [3.8, 4) is 5.75 Å². The molecule has 0 atom stereocenters. The first-order valence-corrected chi connectivity index (χ1v) is 6.59. The number of ether oxygens (including phenoxy) is 1. The second-order valence-corrected chi connectivity index (χ2v) is 5.79. The Hall–Kier alpha value is -0.370. The van der Waals surface area contributed by atoms with Gasteiger partial charge in [0.05, 0.1) is 13.7 Å². The fourth-order valence-electron chi connectivity index (χ4n) is 1.69. The lowest BCUT2D eigenvalue weighted by molar-refractivity contribution is -0.125. The van der Waals surface area contributed by atoms with Crippen molar-refractivity contribution in [3.05, 3.63) is 19.9 Å². The van der Waals surface area contributed by atoms with Gasteiger partial charge in [-0.3, -0.25) is 4.79 Å². The maximum atomic E-state index is 13.5. The van der Waals surface area contributed by atoms with Crippen molar-refractivity contribution < 1.29 is 13.9 Å². The molecule has 0 aromatic heterocycles. The Morgan fingerprint density at radius 3 is 2.88 bits per heavy atom. The molecule has 0 radical (unpaired) electrons. The van der Waals surface area contributed by atoms with Gasteiger partial charge in [-0.25, -0.2) is 4.39 Å². The Balaban J connectivity index is 2.16. The summed E-state index contributed by atoms with van der Waals surface area (Å²) in [7, 11) is 0. The molecule has 1 fully saturated rings. The number of fused-ring (bicyclic) bond motifs is 1. The first-order valence-electron chi connectivity index (χ1n) is 4.71. The predicted octanol–water partition coefficient (Wildman–Crippen LogP) is 3.06. The smallest absolute Gasteiger partial charge is 0.268 e. The van der Waals surface area contributed by atoms with Gasteiger partial charge in [0.25, 0.3) is 5.91 Å². The molecule has 1 saturated carbocycles. The highest BCUT2D eigenvalue weighted by Crippen LogP contribution is 2.50. The topological polar surface area (TPSA) is 38.3 Å². The van der Waals surface area contributed by atoms with Crippen molar-refractivity contribution >= 4 is 50.1 Å². The van der Waals surface area contributed by atoms with Gasteiger partial charge in [-0.2, -0.15) is 0 Å². The zero-order valence-corrected chi connectivity index (χ0v) is 11.7. The van der Waals surface area contributed by atoms with Gasteiger partial charge in [0.1, 0.15) is 5.82 Å². The van der Waals surface area contributed by atoms with Gasteiger partial charge in [-0.15, -0.1) is 0 Å². The summed E-state index contributed by atoms with van der Waals surface area (Å²) < 4.78 is 20.2. The van der Waals surface area contributed by atoms with E-state index in [2.05, 4.69) is 21.2 Å². The van der Waals surface area contributed by atoms with E-state index in [1.54, 1.807) is 0 Å². The van der Waals surface area contributed by atoms with Gasteiger partial charge in [-0.05, 0) is 38.5 Å². The van der Waals surface area contributed by atoms with Crippen molar-refractivity contribution in [2.24, 2.45) is 0 Å². The van der Waals surface area contributed by atoms with Crippen LogP contribution in [0.4, 0.5) is 10.1 Å². The largest absolute Gasteiger partial charge is 0.474 e. The molecule has 1 spiro atoms. The van der Waals surface area contributed by atoms with E-state index in [9.17, 15) is 9.18 Å². The number of halogens is 3. The monoisotopic (exact) mass is 397 g/mol. The van der Waals surface area contributed by atoms with E-state index in [-0.39, 0.29) is 11.7 Å². The van der Waals surface area contributed by atoms with Crippen molar-refractivity contribution in [2.75, 3.05) is 5.32 Å². The molecule has 1 heterocycles. The normalized spacial score (nSPS) is 20.1. The Bertz CT molecular complexity index is 516. The van der Waals surface area contributed by atoms with Crippen molar-refractivity contribution in [2.45, 2.75) is 18.4 Å². The standard InChI is InChI=1S/C10H6BrFINO2/c11-6-7(13)4(12)3-5-8(6)16-10(1-2-10)9(15)14-5/h3H,1-2H2,(H,14,15). The molecule has 0 unspecified atom stereocenters. The molecule has 1 N–H and O–H groups in total. The van der Waals surface area contributed by atoms with Crippen LogP contribution in [0.2, 0.25) is 0 Å². The summed E-state index contributed by atoms with van der Waals surface area (Å²) in [6.07, 6.45) is 1.44. The van der Waals surface area contributed by atoms with Crippen molar-refractivity contribution in [1.82, 2.24) is 0 Å². The highest BCUT2D eigenvalue weighted by Gasteiger charge is 2.55. The molecule has 0 saturated heterocycles. The molecule has 0 bridgehead atoms. The summed E-state index contributed by atoms with van der Waals surface area (Å²) >= 11 is 5.19. The minimum absolute atomic E-state index is 0.174. The number of amides is 1. The molecular weight excluding hydrogens is 392 g/mol. The number of benzene rings is 1. The summed E-state index contributed by atoms with van der Waals surface area (Å²) in [6.45, 7) is 0. The number of hydrogen-bond acceptors (Lipinski definition) is 2. The second-order valence-electron chi connectivity index (χ2n) is 3.91. The van der Waals surface area contributed by atoms with E-state index in [1.807, 2.05) is 22.6 Å². The lowest BCUT2D eigenvalue weighted by Crippen LogP contribution is -2.39. The molecule has 3 nitrogen and oxygen atoms in total. The maximum absolute atomic E-state index is 13.5. The molecule has 1 aromatic carbocycles. The molecule has 1 aromatic rings. The quantitative estimate of drug-likeness (QED) is 0.539. The third-order valence-electron chi connectivity index (χ3n) is 2.78. The van der Waals surface area contributed by atoms with Crippen LogP contribution in [0.15, 0.2) is 10.5 Å². The fourth-order valence-corrected chi connectivity index (χ4v) is 2.58. The Morgan fingerprint density at radius 1 is 1.56 bits per heavy atom. The SMILES string of the molecule is O=C1Nc2cc(F)c(I)c(Br)c2OC12CC2. The van der Waals surface area contributed by atoms with Crippen LogP contribution in [0.3, 0.4) is 0 Å².